The number of nitrogens with one attached hydrogen (secondary N) is 1. The number of hydrogen-bond donors (Lipinski definition) is 1. The van der Waals surface area contributed by atoms with Gasteiger partial charge in [0, 0.05) is 20.6 Å². The smallest absolute Gasteiger partial charge is 0.0703 e. The third-order valence-corrected chi connectivity index (χ3v) is 7.45. The molecule has 0 aliphatic heterocycles. The van der Waals surface area contributed by atoms with E-state index in [1.807, 2.05) is 11.8 Å². The van der Waals surface area contributed by atoms with E-state index in [-0.39, 0.29) is 5.41 Å². The summed E-state index contributed by atoms with van der Waals surface area (Å²) in [5, 5.41) is 4.73. The van der Waals surface area contributed by atoms with Crippen LogP contribution < -0.4 is 5.32 Å². The van der Waals surface area contributed by atoms with Crippen molar-refractivity contribution in [2.75, 3.05) is 0 Å². The standard InChI is InChI=1S/C16H25NS2.C8H16/c1-8-15(18-12(4)11(2)3)19-14(6)17-13(5)16(7)9-10-16;1-4-7-8(5-2)6-3/h8,12,17H,2,5-6,9-10H2,1,3-4,7H3;5H,4,6-7H2,1-3H3/b15-8-;8-5-. The van der Waals surface area contributed by atoms with E-state index < -0.39 is 0 Å². The molecular formula is C24H41NS2. The van der Waals surface area contributed by atoms with Crippen molar-refractivity contribution >= 4 is 23.5 Å². The zero-order valence-electron chi connectivity index (χ0n) is 18.7. The molecule has 0 spiro atoms. The molecule has 1 atom stereocenters. The Labute approximate surface area is 177 Å². The van der Waals surface area contributed by atoms with Crippen LogP contribution in [0.3, 0.4) is 0 Å². The summed E-state index contributed by atoms with van der Waals surface area (Å²) in [6, 6.07) is 0. The highest BCUT2D eigenvalue weighted by Gasteiger charge is 2.40. The largest absolute Gasteiger partial charge is 0.354 e. The highest BCUT2D eigenvalue weighted by molar-refractivity contribution is 8.24. The van der Waals surface area contributed by atoms with Gasteiger partial charge < -0.3 is 5.32 Å². The fourth-order valence-corrected chi connectivity index (χ4v) is 4.38. The molecule has 1 rings (SSSR count). The lowest BCUT2D eigenvalue weighted by atomic mass is 10.1. The highest BCUT2D eigenvalue weighted by atomic mass is 32.2. The topological polar surface area (TPSA) is 12.0 Å². The molecule has 27 heavy (non-hydrogen) atoms. The van der Waals surface area contributed by atoms with Gasteiger partial charge in [-0.2, -0.15) is 0 Å². The average Bonchev–Trinajstić information content (AvgIpc) is 3.38. The fourth-order valence-electron chi connectivity index (χ4n) is 2.23. The van der Waals surface area contributed by atoms with E-state index in [0.29, 0.717) is 5.25 Å². The van der Waals surface area contributed by atoms with E-state index in [4.69, 9.17) is 0 Å². The predicted octanol–water partition coefficient (Wildman–Crippen LogP) is 8.80. The molecule has 1 N–H and O–H groups in total. The molecule has 0 heterocycles. The molecule has 0 amide bonds. The molecule has 0 aromatic heterocycles. The summed E-state index contributed by atoms with van der Waals surface area (Å²) in [5.41, 5.74) is 4.17. The zero-order chi connectivity index (χ0) is 21.0. The first kappa shape index (κ1) is 26.2. The number of rotatable bonds is 11. The van der Waals surface area contributed by atoms with Crippen molar-refractivity contribution in [1.82, 2.24) is 5.32 Å². The summed E-state index contributed by atoms with van der Waals surface area (Å²) in [7, 11) is 0. The third kappa shape index (κ3) is 10.9. The molecule has 1 fully saturated rings. The lowest BCUT2D eigenvalue weighted by Gasteiger charge is -2.18. The number of allylic oxidation sites excluding steroid dienone is 4. The van der Waals surface area contributed by atoms with E-state index in [1.165, 1.54) is 41.9 Å². The van der Waals surface area contributed by atoms with Crippen LogP contribution in [0.1, 0.15) is 80.6 Å². The van der Waals surface area contributed by atoms with Gasteiger partial charge in [-0.1, -0.05) is 82.0 Å². The first-order chi connectivity index (χ1) is 12.6. The van der Waals surface area contributed by atoms with Crippen molar-refractivity contribution in [3.63, 3.8) is 0 Å². The minimum Gasteiger partial charge on any atom is -0.354 e. The molecule has 1 aliphatic carbocycles. The van der Waals surface area contributed by atoms with Crippen molar-refractivity contribution < 1.29 is 0 Å². The highest BCUT2D eigenvalue weighted by Crippen LogP contribution is 2.50. The third-order valence-electron chi connectivity index (χ3n) is 4.90. The molecule has 0 bridgehead atoms. The van der Waals surface area contributed by atoms with E-state index in [2.05, 4.69) is 85.7 Å². The van der Waals surface area contributed by atoms with Crippen LogP contribution in [0.2, 0.25) is 0 Å². The second-order valence-electron chi connectivity index (χ2n) is 7.45. The summed E-state index contributed by atoms with van der Waals surface area (Å²) < 4.78 is 1.25. The van der Waals surface area contributed by atoms with Crippen LogP contribution in [0.5, 0.6) is 0 Å². The maximum Gasteiger partial charge on any atom is 0.0703 e. The minimum atomic E-state index is 0.289. The Bertz CT molecular complexity index is 565. The van der Waals surface area contributed by atoms with Gasteiger partial charge in [0.25, 0.3) is 0 Å². The maximum atomic E-state index is 4.13. The monoisotopic (exact) mass is 407 g/mol. The van der Waals surface area contributed by atoms with Gasteiger partial charge in [-0.05, 0) is 53.4 Å². The number of hydrogen-bond acceptors (Lipinski definition) is 3. The van der Waals surface area contributed by atoms with Gasteiger partial charge in [-0.25, -0.2) is 0 Å². The predicted molar refractivity (Wildman–Crippen MR) is 131 cm³/mol. The average molecular weight is 408 g/mol. The first-order valence-electron chi connectivity index (χ1n) is 10.1. The van der Waals surface area contributed by atoms with Gasteiger partial charge in [0.2, 0.25) is 0 Å². The van der Waals surface area contributed by atoms with Crippen LogP contribution in [0.4, 0.5) is 0 Å². The van der Waals surface area contributed by atoms with E-state index in [1.54, 1.807) is 17.3 Å². The lowest BCUT2D eigenvalue weighted by molar-refractivity contribution is 0.645. The molecule has 0 aromatic carbocycles. The van der Waals surface area contributed by atoms with Crippen LogP contribution >= 0.6 is 23.5 Å². The van der Waals surface area contributed by atoms with E-state index in [0.717, 1.165) is 10.7 Å². The molecule has 1 saturated carbocycles. The molecule has 154 valence electrons. The number of thioether (sulfide) groups is 2. The van der Waals surface area contributed by atoms with E-state index in [9.17, 15) is 0 Å². The summed E-state index contributed by atoms with van der Waals surface area (Å²) in [6.45, 7) is 27.3. The Morgan fingerprint density at radius 2 is 1.74 bits per heavy atom. The van der Waals surface area contributed by atoms with Crippen LogP contribution in [0.25, 0.3) is 0 Å². The second-order valence-corrected chi connectivity index (χ2v) is 10.2. The molecule has 1 nitrogen and oxygen atoms in total. The van der Waals surface area contributed by atoms with Gasteiger partial charge >= 0.3 is 0 Å². The summed E-state index contributed by atoms with van der Waals surface area (Å²) in [6.07, 6.45) is 10.6. The molecule has 3 heteroatoms. The van der Waals surface area contributed by atoms with Crippen molar-refractivity contribution in [2.24, 2.45) is 5.41 Å². The molecule has 0 radical (unpaired) electrons. The molecule has 0 aromatic rings. The second kappa shape index (κ2) is 13.4. The van der Waals surface area contributed by atoms with Crippen LogP contribution in [-0.4, -0.2) is 5.25 Å². The van der Waals surface area contributed by atoms with Crippen LogP contribution in [-0.2, 0) is 0 Å². The maximum absolute atomic E-state index is 4.13. The Hall–Kier alpha value is -0.800. The molecule has 0 saturated heterocycles. The van der Waals surface area contributed by atoms with Crippen molar-refractivity contribution in [3.8, 4) is 0 Å². The summed E-state index contributed by atoms with van der Waals surface area (Å²) in [5.74, 6) is 0. The Kier molecular flexibility index (Phi) is 13.0. The van der Waals surface area contributed by atoms with Gasteiger partial charge in [0.05, 0.1) is 5.03 Å². The zero-order valence-corrected chi connectivity index (χ0v) is 20.3. The van der Waals surface area contributed by atoms with Gasteiger partial charge in [0.15, 0.2) is 0 Å². The van der Waals surface area contributed by atoms with Gasteiger partial charge in [-0.15, -0.1) is 11.8 Å². The summed E-state index contributed by atoms with van der Waals surface area (Å²) >= 11 is 3.50. The van der Waals surface area contributed by atoms with Crippen molar-refractivity contribution in [2.45, 2.75) is 85.8 Å². The Morgan fingerprint density at radius 1 is 1.15 bits per heavy atom. The SMILES string of the molecule is C/C=C(/CC)CCC.C=C(NC(=C)C1(C)CC1)S/C(=C\C)SC(C)C(=C)C. The molecular weight excluding hydrogens is 366 g/mol. The normalized spacial score (nSPS) is 16.7. The van der Waals surface area contributed by atoms with Crippen molar-refractivity contribution in [3.05, 3.63) is 58.0 Å². The Balaban J connectivity index is 0.000000713. The Morgan fingerprint density at radius 3 is 2.07 bits per heavy atom. The first-order valence-corrected chi connectivity index (χ1v) is 11.8. The quantitative estimate of drug-likeness (QED) is 0.344. The van der Waals surface area contributed by atoms with Gasteiger partial charge in [0.1, 0.15) is 0 Å². The van der Waals surface area contributed by atoms with Crippen LogP contribution in [0.15, 0.2) is 58.0 Å². The fraction of sp³-hybridized carbons (Fsp3) is 0.583. The lowest BCUT2D eigenvalue weighted by Crippen LogP contribution is -2.16. The summed E-state index contributed by atoms with van der Waals surface area (Å²) in [4.78, 5) is 0. The van der Waals surface area contributed by atoms with Gasteiger partial charge in [-0.3, -0.25) is 0 Å². The minimum absolute atomic E-state index is 0.289. The molecule has 1 aliphatic rings. The van der Waals surface area contributed by atoms with Crippen LogP contribution in [0, 0.1) is 5.41 Å². The molecule has 1 unspecified atom stereocenters. The van der Waals surface area contributed by atoms with Crippen molar-refractivity contribution in [1.29, 1.82) is 0 Å². The van der Waals surface area contributed by atoms with E-state index >= 15 is 0 Å².